The highest BCUT2D eigenvalue weighted by Crippen LogP contribution is 2.19. The number of halogens is 1. The van der Waals surface area contributed by atoms with E-state index in [0.717, 1.165) is 10.8 Å². The normalized spacial score (nSPS) is 10.3. The summed E-state index contributed by atoms with van der Waals surface area (Å²) < 4.78 is 0. The van der Waals surface area contributed by atoms with Gasteiger partial charge in [-0.05, 0) is 10.8 Å². The Morgan fingerprint density at radius 1 is 1.00 bits per heavy atom. The molecule has 80 valence electrons. The average molecular weight is 277 g/mol. The van der Waals surface area contributed by atoms with Crippen LogP contribution in [0.4, 0.5) is 0 Å². The highest BCUT2D eigenvalue weighted by Gasteiger charge is 2.16. The van der Waals surface area contributed by atoms with E-state index in [1.165, 1.54) is 0 Å². The number of rotatable bonds is 3. The zero-order valence-electron chi connectivity index (χ0n) is 8.44. The van der Waals surface area contributed by atoms with Gasteiger partial charge in [-0.25, -0.2) is 0 Å². The Morgan fingerprint density at radius 2 is 1.69 bits per heavy atom. The lowest BCUT2D eigenvalue weighted by Gasteiger charge is -2.03. The van der Waals surface area contributed by atoms with Crippen molar-refractivity contribution in [2.75, 3.05) is 5.33 Å². The predicted octanol–water partition coefficient (Wildman–Crippen LogP) is 2.99. The Kier molecular flexibility index (Phi) is 3.15. The minimum Gasteiger partial charge on any atom is -0.290 e. The molecule has 0 fully saturated rings. The maximum atomic E-state index is 11.8. The van der Waals surface area contributed by atoms with Crippen LogP contribution < -0.4 is 0 Å². The monoisotopic (exact) mass is 276 g/mol. The van der Waals surface area contributed by atoms with Crippen molar-refractivity contribution in [2.45, 2.75) is 0 Å². The molecule has 2 aromatic carbocycles. The molecule has 2 aromatic rings. The van der Waals surface area contributed by atoms with Gasteiger partial charge in [0.25, 0.3) is 0 Å². The van der Waals surface area contributed by atoms with Crippen LogP contribution in [0.15, 0.2) is 42.5 Å². The van der Waals surface area contributed by atoms with Gasteiger partial charge >= 0.3 is 0 Å². The van der Waals surface area contributed by atoms with Gasteiger partial charge in [-0.15, -0.1) is 0 Å². The summed E-state index contributed by atoms with van der Waals surface area (Å²) in [5, 5.41) is 1.86. The van der Waals surface area contributed by atoms with Crippen molar-refractivity contribution in [3.05, 3.63) is 48.0 Å². The van der Waals surface area contributed by atoms with Crippen molar-refractivity contribution in [2.24, 2.45) is 0 Å². The summed E-state index contributed by atoms with van der Waals surface area (Å²) in [6.07, 6.45) is 0. The lowest BCUT2D eigenvalue weighted by Crippen LogP contribution is -2.15. The van der Waals surface area contributed by atoms with Crippen molar-refractivity contribution in [1.29, 1.82) is 0 Å². The molecule has 0 aliphatic carbocycles. The summed E-state index contributed by atoms with van der Waals surface area (Å²) in [7, 11) is 0. The Bertz CT molecular complexity index is 555. The number of carbonyl (C=O) groups is 2. The molecule has 3 heteroatoms. The van der Waals surface area contributed by atoms with Crippen molar-refractivity contribution in [3.8, 4) is 0 Å². The van der Waals surface area contributed by atoms with Crippen LogP contribution in [0.3, 0.4) is 0 Å². The first-order chi connectivity index (χ1) is 7.74. The van der Waals surface area contributed by atoms with Crippen LogP contribution in [0.25, 0.3) is 10.8 Å². The smallest absolute Gasteiger partial charge is 0.230 e. The summed E-state index contributed by atoms with van der Waals surface area (Å²) in [6, 6.07) is 12.9. The molecule has 2 rings (SSSR count). The number of ketones is 2. The van der Waals surface area contributed by atoms with E-state index < -0.39 is 11.6 Å². The number of alkyl halides is 1. The Hall–Kier alpha value is -1.48. The molecular weight excluding hydrogens is 268 g/mol. The third-order valence-corrected chi connectivity index (χ3v) is 2.92. The summed E-state index contributed by atoms with van der Waals surface area (Å²) in [5.41, 5.74) is 0.475. The first-order valence-corrected chi connectivity index (χ1v) is 5.97. The van der Waals surface area contributed by atoms with Crippen molar-refractivity contribution < 1.29 is 9.59 Å². The first-order valence-electron chi connectivity index (χ1n) is 4.85. The van der Waals surface area contributed by atoms with Gasteiger partial charge in [-0.3, -0.25) is 9.59 Å². The molecular formula is C13H9BrO2. The molecule has 2 nitrogen and oxygen atoms in total. The second-order valence-corrected chi connectivity index (χ2v) is 3.97. The quantitative estimate of drug-likeness (QED) is 0.491. The van der Waals surface area contributed by atoms with Gasteiger partial charge in [0.1, 0.15) is 0 Å². The molecule has 0 saturated heterocycles. The van der Waals surface area contributed by atoms with Crippen molar-refractivity contribution in [1.82, 2.24) is 0 Å². The molecule has 0 heterocycles. The van der Waals surface area contributed by atoms with E-state index in [1.54, 1.807) is 12.1 Å². The van der Waals surface area contributed by atoms with Crippen LogP contribution in [-0.2, 0) is 4.79 Å². The Labute approximate surface area is 101 Å². The number of hydrogen-bond acceptors (Lipinski definition) is 2. The van der Waals surface area contributed by atoms with Gasteiger partial charge in [0, 0.05) is 5.56 Å². The van der Waals surface area contributed by atoms with Crippen LogP contribution >= 0.6 is 15.9 Å². The molecule has 0 N–H and O–H groups in total. The second kappa shape index (κ2) is 4.58. The number of Topliss-reactive ketones (excluding diaryl/α,β-unsaturated/α-hetero) is 2. The van der Waals surface area contributed by atoms with Crippen LogP contribution in [0.5, 0.6) is 0 Å². The van der Waals surface area contributed by atoms with Gasteiger partial charge in [0.05, 0.1) is 5.33 Å². The Balaban J connectivity index is 2.61. The standard InChI is InChI=1S/C13H9BrO2/c14-8-12(15)13(16)11-7-3-5-9-4-1-2-6-10(9)11/h1-7H,8H2. The summed E-state index contributed by atoms with van der Waals surface area (Å²) >= 11 is 3.01. The van der Waals surface area contributed by atoms with Gasteiger partial charge in [0.2, 0.25) is 11.6 Å². The molecule has 0 amide bonds. The van der Waals surface area contributed by atoms with E-state index in [4.69, 9.17) is 0 Å². The van der Waals surface area contributed by atoms with Crippen LogP contribution in [-0.4, -0.2) is 16.9 Å². The fraction of sp³-hybridized carbons (Fsp3) is 0.0769. The molecule has 0 aliphatic rings. The van der Waals surface area contributed by atoms with Gasteiger partial charge in [-0.1, -0.05) is 58.4 Å². The van der Waals surface area contributed by atoms with Crippen LogP contribution in [0.2, 0.25) is 0 Å². The summed E-state index contributed by atoms with van der Waals surface area (Å²) in [4.78, 5) is 23.2. The molecule has 0 atom stereocenters. The average Bonchev–Trinajstić information content (AvgIpc) is 2.36. The maximum Gasteiger partial charge on any atom is 0.230 e. The molecule has 0 aliphatic heterocycles. The Morgan fingerprint density at radius 3 is 2.44 bits per heavy atom. The molecule has 0 unspecified atom stereocenters. The molecule has 16 heavy (non-hydrogen) atoms. The lowest BCUT2D eigenvalue weighted by molar-refractivity contribution is -0.112. The van der Waals surface area contributed by atoms with E-state index in [-0.39, 0.29) is 5.33 Å². The zero-order valence-corrected chi connectivity index (χ0v) is 10.0. The largest absolute Gasteiger partial charge is 0.290 e. The SMILES string of the molecule is O=C(CBr)C(=O)c1cccc2ccccc12. The number of benzene rings is 2. The van der Waals surface area contributed by atoms with Crippen LogP contribution in [0, 0.1) is 0 Å². The minimum absolute atomic E-state index is 0.0645. The lowest BCUT2D eigenvalue weighted by atomic mass is 10.00. The molecule has 0 radical (unpaired) electrons. The third-order valence-electron chi connectivity index (χ3n) is 2.41. The third kappa shape index (κ3) is 1.91. The fourth-order valence-corrected chi connectivity index (χ4v) is 1.89. The maximum absolute atomic E-state index is 11.8. The van der Waals surface area contributed by atoms with E-state index in [1.807, 2.05) is 30.3 Å². The van der Waals surface area contributed by atoms with E-state index in [2.05, 4.69) is 15.9 Å². The number of carbonyl (C=O) groups excluding carboxylic acids is 2. The summed E-state index contributed by atoms with van der Waals surface area (Å²) in [6.45, 7) is 0. The van der Waals surface area contributed by atoms with Crippen molar-refractivity contribution >= 4 is 38.3 Å². The summed E-state index contributed by atoms with van der Waals surface area (Å²) in [5.74, 6) is -0.856. The minimum atomic E-state index is -0.436. The highest BCUT2D eigenvalue weighted by atomic mass is 79.9. The molecule has 0 spiro atoms. The highest BCUT2D eigenvalue weighted by molar-refractivity contribution is 9.09. The van der Waals surface area contributed by atoms with Crippen LogP contribution in [0.1, 0.15) is 10.4 Å². The van der Waals surface area contributed by atoms with Crippen molar-refractivity contribution in [3.63, 3.8) is 0 Å². The first kappa shape index (κ1) is 11.0. The molecule has 0 bridgehead atoms. The zero-order chi connectivity index (χ0) is 11.5. The topological polar surface area (TPSA) is 34.1 Å². The van der Waals surface area contributed by atoms with Gasteiger partial charge in [0.15, 0.2) is 0 Å². The van der Waals surface area contributed by atoms with E-state index >= 15 is 0 Å². The van der Waals surface area contributed by atoms with Gasteiger partial charge in [-0.2, -0.15) is 0 Å². The number of fused-ring (bicyclic) bond motifs is 1. The van der Waals surface area contributed by atoms with E-state index in [0.29, 0.717) is 5.56 Å². The second-order valence-electron chi connectivity index (χ2n) is 3.41. The fourth-order valence-electron chi connectivity index (χ4n) is 1.63. The molecule has 0 aromatic heterocycles. The van der Waals surface area contributed by atoms with E-state index in [9.17, 15) is 9.59 Å². The molecule has 0 saturated carbocycles. The number of hydrogen-bond donors (Lipinski definition) is 0. The predicted molar refractivity (Wildman–Crippen MR) is 67.1 cm³/mol. The van der Waals surface area contributed by atoms with Gasteiger partial charge < -0.3 is 0 Å².